The Bertz CT molecular complexity index is 2480. The molecule has 0 fully saturated rings. The minimum Gasteiger partial charge on any atom is -0.424 e. The summed E-state index contributed by atoms with van der Waals surface area (Å²) in [4.78, 5) is 13.5. The third-order valence-electron chi connectivity index (χ3n) is 11.1. The van der Waals surface area contributed by atoms with E-state index < -0.39 is 0 Å². The molecule has 0 bridgehead atoms. The molecule has 63 heavy (non-hydrogen) atoms. The smallest absolute Gasteiger partial charge is 0.331 e. The summed E-state index contributed by atoms with van der Waals surface area (Å²) >= 11 is 0. The van der Waals surface area contributed by atoms with Crippen LogP contribution in [0.2, 0.25) is 0 Å². The number of rotatable bonds is 15. The first-order valence-electron chi connectivity index (χ1n) is 19.9. The van der Waals surface area contributed by atoms with E-state index in [2.05, 4.69) is 56.5 Å². The van der Waals surface area contributed by atoms with Gasteiger partial charge in [-0.1, -0.05) is 114 Å². The number of benzene rings is 6. The average molecular weight is 835 g/mol. The Morgan fingerprint density at radius 1 is 0.302 bits per heavy atom. The zero-order valence-electron chi connectivity index (χ0n) is 35.5. The van der Waals surface area contributed by atoms with Crippen molar-refractivity contribution in [2.24, 2.45) is 0 Å². The summed E-state index contributed by atoms with van der Waals surface area (Å²) < 4.78 is 33.5. The lowest BCUT2D eigenvalue weighted by molar-refractivity contribution is 0.362. The van der Waals surface area contributed by atoms with Gasteiger partial charge in [-0.2, -0.15) is 0 Å². The van der Waals surface area contributed by atoms with Gasteiger partial charge >= 0.3 is 18.0 Å². The summed E-state index contributed by atoms with van der Waals surface area (Å²) in [5, 5.41) is 26.6. The molecule has 1 heterocycles. The van der Waals surface area contributed by atoms with Crippen molar-refractivity contribution >= 4 is 0 Å². The van der Waals surface area contributed by atoms with Crippen molar-refractivity contribution in [3.8, 4) is 71.3 Å². The van der Waals surface area contributed by atoms with Gasteiger partial charge < -0.3 is 28.4 Å². The summed E-state index contributed by atoms with van der Waals surface area (Å²) in [6.45, 7) is 12.7. The summed E-state index contributed by atoms with van der Waals surface area (Å²) in [7, 11) is 0. The minimum absolute atomic E-state index is 0.0433. The Kier molecular flexibility index (Phi) is 12.2. The Morgan fingerprint density at radius 2 is 0.476 bits per heavy atom. The molecule has 1 aromatic heterocycles. The molecule has 7 aromatic rings. The van der Waals surface area contributed by atoms with Crippen molar-refractivity contribution in [1.82, 2.24) is 15.0 Å². The molecule has 0 amide bonds. The molecule has 0 aliphatic heterocycles. The molecule has 6 aromatic carbocycles. The number of nitriles is 3. The highest BCUT2D eigenvalue weighted by molar-refractivity contribution is 5.45. The van der Waals surface area contributed by atoms with E-state index in [0.29, 0.717) is 34.5 Å². The normalized spacial score (nSPS) is 11.3. The zero-order valence-corrected chi connectivity index (χ0v) is 35.5. The monoisotopic (exact) mass is 834 g/mol. The lowest BCUT2D eigenvalue weighted by Crippen LogP contribution is -2.18. The van der Waals surface area contributed by atoms with Crippen LogP contribution in [0.5, 0.6) is 52.5 Å². The van der Waals surface area contributed by atoms with Gasteiger partial charge in [0.15, 0.2) is 0 Å². The highest BCUT2D eigenvalue weighted by atomic mass is 16.5. The predicted molar refractivity (Wildman–Crippen MR) is 234 cm³/mol. The number of aromatic nitrogens is 3. The van der Waals surface area contributed by atoms with E-state index in [1.165, 1.54) is 0 Å². The second-order valence-electron chi connectivity index (χ2n) is 16.1. The van der Waals surface area contributed by atoms with Gasteiger partial charge in [0.2, 0.25) is 0 Å². The second-order valence-corrected chi connectivity index (χ2v) is 16.1. The van der Waals surface area contributed by atoms with Crippen molar-refractivity contribution in [2.75, 3.05) is 0 Å². The Balaban J connectivity index is 1.13. The van der Waals surface area contributed by atoms with Gasteiger partial charge in [-0.05, 0) is 106 Å². The van der Waals surface area contributed by atoms with Crippen molar-refractivity contribution in [3.05, 3.63) is 179 Å². The summed E-state index contributed by atoms with van der Waals surface area (Å²) in [5.74, 6) is 2.87. The van der Waals surface area contributed by atoms with Crippen molar-refractivity contribution in [2.45, 2.75) is 57.8 Å². The maximum Gasteiger partial charge on any atom is 0.331 e. The fourth-order valence-corrected chi connectivity index (χ4v) is 7.07. The third-order valence-corrected chi connectivity index (χ3v) is 11.1. The average Bonchev–Trinajstić information content (AvgIpc) is 3.28. The Hall–Kier alpha value is -8.40. The number of hydrogen-bond acceptors (Lipinski definition) is 12. The van der Waals surface area contributed by atoms with E-state index in [1.807, 2.05) is 109 Å². The van der Waals surface area contributed by atoms with Crippen LogP contribution in [0.1, 0.15) is 74.9 Å². The first kappa shape index (κ1) is 42.7. The molecule has 312 valence electrons. The Morgan fingerprint density at radius 3 is 0.651 bits per heavy atom. The molecule has 0 spiro atoms. The zero-order chi connectivity index (χ0) is 44.6. The molecular weight excluding hydrogens is 793 g/mol. The fraction of sp³-hybridized carbons (Fsp3) is 0.176. The van der Waals surface area contributed by atoms with Crippen molar-refractivity contribution < 1.29 is 28.4 Å². The van der Waals surface area contributed by atoms with Crippen LogP contribution in [0.4, 0.5) is 0 Å². The molecule has 0 atom stereocenters. The van der Waals surface area contributed by atoms with E-state index in [4.69, 9.17) is 44.2 Å². The van der Waals surface area contributed by atoms with Crippen LogP contribution in [-0.4, -0.2) is 15.0 Å². The lowest BCUT2D eigenvalue weighted by Gasteiger charge is -2.26. The second kappa shape index (κ2) is 18.1. The van der Waals surface area contributed by atoms with Crippen LogP contribution in [0.15, 0.2) is 146 Å². The molecule has 0 radical (unpaired) electrons. The number of nitrogens with zero attached hydrogens (tertiary/aromatic N) is 6. The SMILES string of the molecule is CC(C)(c1ccc(OC#N)cc1)c1ccc(Oc2nc(Oc3ccc(C(C)(C)c4ccc(OC#N)cc4)cc3)nc(Oc3ccc(C(C)(C)c4ccc(OC#N)cc4)cc3)n2)cc1. The van der Waals surface area contributed by atoms with Gasteiger partial charge in [-0.3, -0.25) is 0 Å². The number of hydrogen-bond donors (Lipinski definition) is 0. The largest absolute Gasteiger partial charge is 0.424 e. The van der Waals surface area contributed by atoms with E-state index in [0.717, 1.165) is 33.4 Å². The van der Waals surface area contributed by atoms with Gasteiger partial charge in [0.05, 0.1) is 0 Å². The van der Waals surface area contributed by atoms with Crippen LogP contribution >= 0.6 is 0 Å². The van der Waals surface area contributed by atoms with E-state index >= 15 is 0 Å². The van der Waals surface area contributed by atoms with Crippen molar-refractivity contribution in [3.63, 3.8) is 0 Å². The van der Waals surface area contributed by atoms with Crippen LogP contribution in [0.3, 0.4) is 0 Å². The van der Waals surface area contributed by atoms with E-state index in [9.17, 15) is 0 Å². The third kappa shape index (κ3) is 9.81. The van der Waals surface area contributed by atoms with Crippen LogP contribution in [-0.2, 0) is 16.2 Å². The van der Waals surface area contributed by atoms with Gasteiger partial charge in [-0.15, -0.1) is 30.7 Å². The first-order chi connectivity index (χ1) is 30.3. The first-order valence-corrected chi connectivity index (χ1v) is 19.9. The quantitative estimate of drug-likeness (QED) is 0.0898. The molecule has 0 N–H and O–H groups in total. The molecule has 0 aliphatic rings. The van der Waals surface area contributed by atoms with Gasteiger partial charge in [0.25, 0.3) is 18.8 Å². The van der Waals surface area contributed by atoms with Crippen LogP contribution in [0, 0.1) is 34.6 Å². The molecule has 0 unspecified atom stereocenters. The molecule has 0 aliphatic carbocycles. The highest BCUT2D eigenvalue weighted by Gasteiger charge is 2.26. The van der Waals surface area contributed by atoms with E-state index in [1.54, 1.807) is 55.2 Å². The Labute approximate surface area is 366 Å². The molecular formula is C51H42N6O6. The van der Waals surface area contributed by atoms with Crippen molar-refractivity contribution in [1.29, 1.82) is 15.8 Å². The molecule has 12 nitrogen and oxygen atoms in total. The van der Waals surface area contributed by atoms with E-state index in [-0.39, 0.29) is 34.3 Å². The maximum atomic E-state index is 8.86. The fourth-order valence-electron chi connectivity index (χ4n) is 7.07. The van der Waals surface area contributed by atoms with Crippen LogP contribution in [0.25, 0.3) is 0 Å². The van der Waals surface area contributed by atoms with Gasteiger partial charge in [-0.25, -0.2) is 0 Å². The maximum absolute atomic E-state index is 8.86. The molecule has 12 heteroatoms. The molecule has 7 rings (SSSR count). The standard InChI is InChI=1S/C51H42N6O6/c1-49(2,34-7-19-40(20-8-34)58-31-52)37-13-25-43(26-14-37)61-46-55-47(62-44-27-15-38(16-28-44)50(3,4)35-9-21-41(22-10-35)59-32-53)57-48(56-46)63-45-29-17-39(18-30-45)51(5,6)36-11-23-42(24-12-36)60-33-54/h7-30H,1-6H3. The van der Waals surface area contributed by atoms with Gasteiger partial charge in [0, 0.05) is 16.2 Å². The number of ether oxygens (including phenoxy) is 6. The lowest BCUT2D eigenvalue weighted by atomic mass is 9.78. The molecule has 0 saturated heterocycles. The van der Waals surface area contributed by atoms with Crippen LogP contribution < -0.4 is 28.4 Å². The van der Waals surface area contributed by atoms with Gasteiger partial charge in [0.1, 0.15) is 34.5 Å². The summed E-state index contributed by atoms with van der Waals surface area (Å²) in [6, 6.07) is 45.0. The highest BCUT2D eigenvalue weighted by Crippen LogP contribution is 2.37. The predicted octanol–water partition coefficient (Wildman–Crippen LogP) is 11.8. The topological polar surface area (TPSA) is 165 Å². The summed E-state index contributed by atoms with van der Waals surface area (Å²) in [6.07, 6.45) is 5.10. The minimum atomic E-state index is -0.371. The molecule has 0 saturated carbocycles. The summed E-state index contributed by atoms with van der Waals surface area (Å²) in [5.41, 5.74) is 5.09.